The van der Waals surface area contributed by atoms with Crippen LogP contribution < -0.4 is 16.0 Å². The second-order valence-corrected chi connectivity index (χ2v) is 13.3. The third kappa shape index (κ3) is 7.01. The fourth-order valence-electron chi connectivity index (χ4n) is 7.32. The first-order valence-electron chi connectivity index (χ1n) is 17.3. The number of carbonyl (C=O) groups is 2. The Morgan fingerprint density at radius 3 is 2.28 bits per heavy atom. The number of nitrogens with zero attached hydrogens (tertiary/aromatic N) is 7. The Labute approximate surface area is 301 Å². The highest BCUT2D eigenvalue weighted by Gasteiger charge is 2.49. The van der Waals surface area contributed by atoms with E-state index in [0.717, 1.165) is 23.1 Å². The number of hydrogen-bond acceptors (Lipinski definition) is 11. The van der Waals surface area contributed by atoms with Crippen LogP contribution in [0, 0.1) is 0 Å². The van der Waals surface area contributed by atoms with E-state index < -0.39 is 54.5 Å². The lowest BCUT2D eigenvalue weighted by Crippen LogP contribution is -2.48. The lowest BCUT2D eigenvalue weighted by atomic mass is 9.91. The molecule has 2 aliphatic rings. The molecule has 5 aromatic rings. The summed E-state index contributed by atoms with van der Waals surface area (Å²) in [4.78, 5) is 39.9. The van der Waals surface area contributed by atoms with Crippen molar-refractivity contribution in [2.75, 3.05) is 23.3 Å². The Bertz CT molecular complexity index is 2040. The van der Waals surface area contributed by atoms with Gasteiger partial charge in [0, 0.05) is 31.6 Å². The molecule has 1 aliphatic heterocycles. The minimum atomic E-state index is -5.28. The van der Waals surface area contributed by atoms with E-state index in [0.29, 0.717) is 12.1 Å². The lowest BCUT2D eigenvalue weighted by molar-refractivity contribution is -0.205. The largest absolute Gasteiger partial charge is 0.490 e. The van der Waals surface area contributed by atoms with Crippen LogP contribution in [0.15, 0.2) is 79.4 Å². The maximum absolute atomic E-state index is 13.2. The van der Waals surface area contributed by atoms with Gasteiger partial charge in [-0.15, -0.1) is 0 Å². The number of aryl methyl sites for hydroxylation is 1. The molecule has 2 fully saturated rings. The van der Waals surface area contributed by atoms with Crippen molar-refractivity contribution in [3.63, 3.8) is 0 Å². The van der Waals surface area contributed by atoms with Gasteiger partial charge in [0.2, 0.25) is 11.9 Å². The monoisotopic (exact) mass is 733 g/mol. The standard InChI is InChI=1S/C36H38F3N9O5/c1-2-20-16-43-48(18-20)25-15-24(29(49)30(25)50)47-19-42-27-32(41-17-23(21-9-5-3-6-10-21)22-11-7-4-8-12-22)44-35(45-33(27)47)46-14-13-26(28(46)31(40)51)53-34(52)36(37,38)39/h3-12,16,18-19,23-26,28-30,49-50H,2,13-15,17H2,1H3,(H2,40,51)(H,41,44,45)/t24-,25+,26-,28?,29+,30-/m1/s1. The number of rotatable bonds is 11. The van der Waals surface area contributed by atoms with E-state index in [2.05, 4.69) is 15.4 Å². The number of halogens is 3. The van der Waals surface area contributed by atoms with Gasteiger partial charge < -0.3 is 35.5 Å². The average Bonchev–Trinajstić information content (AvgIpc) is 3.95. The van der Waals surface area contributed by atoms with Gasteiger partial charge in [0.05, 0.1) is 24.6 Å². The first kappa shape index (κ1) is 35.8. The number of hydrogen-bond donors (Lipinski definition) is 4. The van der Waals surface area contributed by atoms with Crippen molar-refractivity contribution in [2.45, 2.75) is 74.7 Å². The molecule has 0 spiro atoms. The molecular formula is C36H38F3N9O5. The first-order valence-corrected chi connectivity index (χ1v) is 17.3. The number of imidazole rings is 1. The molecule has 0 radical (unpaired) electrons. The molecule has 1 saturated carbocycles. The number of aliphatic hydroxyl groups is 2. The molecule has 1 amide bonds. The number of carbonyl (C=O) groups excluding carboxylic acids is 2. The Morgan fingerprint density at radius 1 is 1.02 bits per heavy atom. The van der Waals surface area contributed by atoms with Crippen LogP contribution in [0.3, 0.4) is 0 Å². The van der Waals surface area contributed by atoms with Crippen LogP contribution in [0.1, 0.15) is 54.5 Å². The van der Waals surface area contributed by atoms with Gasteiger partial charge in [0.1, 0.15) is 24.4 Å². The molecule has 2 aromatic carbocycles. The Hall–Kier alpha value is -5.55. The molecule has 5 N–H and O–H groups in total. The van der Waals surface area contributed by atoms with Crippen LogP contribution in [0.2, 0.25) is 0 Å². The lowest BCUT2D eigenvalue weighted by Gasteiger charge is -2.26. The van der Waals surface area contributed by atoms with Gasteiger partial charge in [0.25, 0.3) is 0 Å². The van der Waals surface area contributed by atoms with Crippen LogP contribution in [0.4, 0.5) is 24.9 Å². The zero-order valence-electron chi connectivity index (χ0n) is 28.5. The average molecular weight is 734 g/mol. The molecule has 1 aliphatic carbocycles. The smallest absolute Gasteiger partial charge is 0.453 e. The Morgan fingerprint density at radius 2 is 1.68 bits per heavy atom. The van der Waals surface area contributed by atoms with E-state index in [1.165, 1.54) is 11.2 Å². The maximum Gasteiger partial charge on any atom is 0.490 e. The molecule has 17 heteroatoms. The van der Waals surface area contributed by atoms with Crippen LogP contribution in [0.25, 0.3) is 11.2 Å². The number of esters is 1. The predicted octanol–water partition coefficient (Wildman–Crippen LogP) is 3.28. The van der Waals surface area contributed by atoms with E-state index in [1.54, 1.807) is 15.4 Å². The summed E-state index contributed by atoms with van der Waals surface area (Å²) in [5.41, 5.74) is 9.22. The maximum atomic E-state index is 13.2. The van der Waals surface area contributed by atoms with E-state index in [-0.39, 0.29) is 42.7 Å². The van der Waals surface area contributed by atoms with Gasteiger partial charge in [0.15, 0.2) is 17.0 Å². The Kier molecular flexibility index (Phi) is 9.78. The van der Waals surface area contributed by atoms with Crippen LogP contribution in [-0.2, 0) is 20.7 Å². The van der Waals surface area contributed by atoms with Gasteiger partial charge in [-0.3, -0.25) is 9.48 Å². The number of benzene rings is 2. The van der Waals surface area contributed by atoms with Crippen LogP contribution >= 0.6 is 0 Å². The Balaban J connectivity index is 1.29. The van der Waals surface area contributed by atoms with Gasteiger partial charge in [-0.1, -0.05) is 67.6 Å². The molecule has 6 atom stereocenters. The van der Waals surface area contributed by atoms with E-state index >= 15 is 0 Å². The molecule has 0 bridgehead atoms. The zero-order chi connectivity index (χ0) is 37.4. The third-order valence-electron chi connectivity index (χ3n) is 10.0. The molecule has 3 aromatic heterocycles. The van der Waals surface area contributed by atoms with E-state index in [4.69, 9.17) is 20.4 Å². The topological polar surface area (TPSA) is 187 Å². The zero-order valence-corrected chi connectivity index (χ0v) is 28.5. The number of amides is 1. The van der Waals surface area contributed by atoms with Crippen molar-refractivity contribution < 1.29 is 37.7 Å². The summed E-state index contributed by atoms with van der Waals surface area (Å²) in [6.45, 7) is 2.24. The van der Waals surface area contributed by atoms with Gasteiger partial charge in [-0.05, 0) is 29.5 Å². The number of aromatic nitrogens is 6. The second-order valence-electron chi connectivity index (χ2n) is 13.3. The van der Waals surface area contributed by atoms with Crippen molar-refractivity contribution in [1.29, 1.82) is 0 Å². The van der Waals surface area contributed by atoms with Crippen molar-refractivity contribution in [1.82, 2.24) is 29.3 Å². The van der Waals surface area contributed by atoms with Crippen LogP contribution in [0.5, 0.6) is 0 Å². The molecule has 1 saturated heterocycles. The molecule has 278 valence electrons. The quantitative estimate of drug-likeness (QED) is 0.146. The molecule has 7 rings (SSSR count). The van der Waals surface area contributed by atoms with Crippen molar-refractivity contribution in [2.24, 2.45) is 5.73 Å². The molecule has 14 nitrogen and oxygen atoms in total. The first-order chi connectivity index (χ1) is 25.4. The van der Waals surface area contributed by atoms with Gasteiger partial charge in [-0.25, -0.2) is 9.78 Å². The minimum Gasteiger partial charge on any atom is -0.453 e. The van der Waals surface area contributed by atoms with E-state index in [1.807, 2.05) is 73.8 Å². The molecule has 53 heavy (non-hydrogen) atoms. The summed E-state index contributed by atoms with van der Waals surface area (Å²) in [6.07, 6.45) is -3.36. The number of anilines is 2. The molecule has 4 heterocycles. The summed E-state index contributed by atoms with van der Waals surface area (Å²) in [5, 5.41) is 30.3. The summed E-state index contributed by atoms with van der Waals surface area (Å²) >= 11 is 0. The number of ether oxygens (including phenoxy) is 1. The summed E-state index contributed by atoms with van der Waals surface area (Å²) < 4.78 is 47.4. The fourth-order valence-corrected chi connectivity index (χ4v) is 7.32. The third-order valence-corrected chi connectivity index (χ3v) is 10.0. The SMILES string of the molecule is CCc1cnn([C@H]2C[C@@H](n3cnc4c(NCC(c5ccccc5)c5ccccc5)nc(N5CC[C@@H](OC(=O)C(F)(F)F)C5C(N)=O)nc43)[C@H](O)[C@@H]2O)c1. The summed E-state index contributed by atoms with van der Waals surface area (Å²) in [5.74, 6) is -3.48. The minimum absolute atomic E-state index is 0.0644. The highest BCUT2D eigenvalue weighted by Crippen LogP contribution is 2.41. The number of nitrogens with one attached hydrogen (secondary N) is 1. The number of primary amides is 1. The normalized spacial score (nSPS) is 23.2. The number of alkyl halides is 3. The molecular weight excluding hydrogens is 695 g/mol. The summed E-state index contributed by atoms with van der Waals surface area (Å²) in [7, 11) is 0. The number of fused-ring (bicyclic) bond motifs is 1. The second kappa shape index (κ2) is 14.5. The van der Waals surface area contributed by atoms with Crippen molar-refractivity contribution in [3.8, 4) is 0 Å². The van der Waals surface area contributed by atoms with E-state index in [9.17, 15) is 33.0 Å². The predicted molar refractivity (Wildman–Crippen MR) is 186 cm³/mol. The summed E-state index contributed by atoms with van der Waals surface area (Å²) in [6, 6.07) is 16.8. The highest BCUT2D eigenvalue weighted by molar-refractivity contribution is 5.88. The number of nitrogens with two attached hydrogens (primary N) is 1. The van der Waals surface area contributed by atoms with Crippen molar-refractivity contribution in [3.05, 3.63) is 96.1 Å². The van der Waals surface area contributed by atoms with Crippen LogP contribution in [-0.4, -0.2) is 95.0 Å². The van der Waals surface area contributed by atoms with Crippen molar-refractivity contribution >= 4 is 34.8 Å². The molecule has 1 unspecified atom stereocenters. The van der Waals surface area contributed by atoms with Gasteiger partial charge in [-0.2, -0.15) is 28.2 Å². The van der Waals surface area contributed by atoms with Gasteiger partial charge >= 0.3 is 12.1 Å². The number of aliphatic hydroxyl groups excluding tert-OH is 2. The fraction of sp³-hybridized carbons (Fsp3) is 0.389. The highest BCUT2D eigenvalue weighted by atomic mass is 19.4.